The molecule has 0 aliphatic rings. The zero-order valence-electron chi connectivity index (χ0n) is 16.9. The fourth-order valence-electron chi connectivity index (χ4n) is 2.68. The van der Waals surface area contributed by atoms with E-state index in [-0.39, 0.29) is 12.5 Å². The van der Waals surface area contributed by atoms with Crippen molar-refractivity contribution in [2.75, 3.05) is 13.7 Å². The average Bonchev–Trinajstić information content (AvgIpc) is 2.73. The van der Waals surface area contributed by atoms with E-state index in [9.17, 15) is 14.4 Å². The van der Waals surface area contributed by atoms with Crippen LogP contribution in [0.15, 0.2) is 66.7 Å². The number of carboxylic acids is 2. The maximum Gasteiger partial charge on any atom is 0.328 e. The van der Waals surface area contributed by atoms with Crippen LogP contribution in [0.25, 0.3) is 0 Å². The SMILES string of the molecule is COc1ccc(CC(C)(NC(=O)CN)c2ccccc2)cc1.O=C(O)C=CC(=O)O. The molecule has 2 rings (SSSR count). The number of aliphatic carboxylic acids is 2. The third kappa shape index (κ3) is 8.57. The second-order valence-electron chi connectivity index (χ2n) is 6.49. The normalized spacial score (nSPS) is 12.2. The van der Waals surface area contributed by atoms with Gasteiger partial charge < -0.3 is 26.0 Å². The first-order valence-electron chi connectivity index (χ1n) is 9.03. The van der Waals surface area contributed by atoms with Crippen molar-refractivity contribution in [1.82, 2.24) is 5.32 Å². The minimum atomic E-state index is -1.26. The summed E-state index contributed by atoms with van der Waals surface area (Å²) in [6.45, 7) is 1.99. The average molecular weight is 414 g/mol. The van der Waals surface area contributed by atoms with Gasteiger partial charge in [-0.1, -0.05) is 42.5 Å². The lowest BCUT2D eigenvalue weighted by molar-refractivity contribution is -0.134. The molecule has 8 nitrogen and oxygen atoms in total. The van der Waals surface area contributed by atoms with Gasteiger partial charge in [0, 0.05) is 12.2 Å². The fourth-order valence-corrected chi connectivity index (χ4v) is 2.68. The Morgan fingerprint density at radius 3 is 1.97 bits per heavy atom. The monoisotopic (exact) mass is 414 g/mol. The van der Waals surface area contributed by atoms with Gasteiger partial charge in [0.2, 0.25) is 5.91 Å². The van der Waals surface area contributed by atoms with Crippen LogP contribution >= 0.6 is 0 Å². The smallest absolute Gasteiger partial charge is 0.328 e. The van der Waals surface area contributed by atoms with Gasteiger partial charge in [0.15, 0.2) is 0 Å². The quantitative estimate of drug-likeness (QED) is 0.484. The molecule has 30 heavy (non-hydrogen) atoms. The lowest BCUT2D eigenvalue weighted by Crippen LogP contribution is -2.47. The first kappa shape index (κ1) is 24.4. The van der Waals surface area contributed by atoms with Crippen LogP contribution in [0, 0.1) is 0 Å². The topological polar surface area (TPSA) is 139 Å². The third-order valence-corrected chi connectivity index (χ3v) is 4.10. The van der Waals surface area contributed by atoms with E-state index >= 15 is 0 Å². The number of carbonyl (C=O) groups excluding carboxylic acids is 1. The van der Waals surface area contributed by atoms with Crippen LogP contribution in [0.1, 0.15) is 18.1 Å². The summed E-state index contributed by atoms with van der Waals surface area (Å²) in [5, 5.41) is 18.7. The van der Waals surface area contributed by atoms with Crippen LogP contribution in [0.4, 0.5) is 0 Å². The van der Waals surface area contributed by atoms with E-state index in [1.807, 2.05) is 61.5 Å². The number of benzene rings is 2. The van der Waals surface area contributed by atoms with Crippen molar-refractivity contribution in [2.24, 2.45) is 5.73 Å². The zero-order valence-corrected chi connectivity index (χ0v) is 16.9. The third-order valence-electron chi connectivity index (χ3n) is 4.10. The number of nitrogens with one attached hydrogen (secondary N) is 1. The standard InChI is InChI=1S/C18H22N2O2.C4H4O4/c1-18(20-17(21)13-19,15-6-4-3-5-7-15)12-14-8-10-16(22-2)11-9-14;5-3(6)1-2-4(7)8/h3-11H,12-13,19H2,1-2H3,(H,20,21);1-2H,(H,5,6)(H,7,8). The molecule has 8 heteroatoms. The highest BCUT2D eigenvalue weighted by atomic mass is 16.5. The molecule has 2 aromatic rings. The lowest BCUT2D eigenvalue weighted by Gasteiger charge is -2.32. The summed E-state index contributed by atoms with van der Waals surface area (Å²) in [4.78, 5) is 30.9. The van der Waals surface area contributed by atoms with Gasteiger partial charge in [-0.05, 0) is 36.6 Å². The molecule has 2 aromatic carbocycles. The van der Waals surface area contributed by atoms with E-state index in [0.29, 0.717) is 18.6 Å². The Hall–Kier alpha value is -3.65. The maximum atomic E-state index is 11.8. The van der Waals surface area contributed by atoms with Gasteiger partial charge >= 0.3 is 11.9 Å². The summed E-state index contributed by atoms with van der Waals surface area (Å²) >= 11 is 0. The summed E-state index contributed by atoms with van der Waals surface area (Å²) in [6, 6.07) is 17.8. The number of carbonyl (C=O) groups is 3. The molecule has 0 saturated heterocycles. The van der Waals surface area contributed by atoms with E-state index in [0.717, 1.165) is 16.9 Å². The molecular weight excluding hydrogens is 388 g/mol. The van der Waals surface area contributed by atoms with E-state index in [4.69, 9.17) is 20.7 Å². The van der Waals surface area contributed by atoms with Gasteiger partial charge in [-0.2, -0.15) is 0 Å². The highest BCUT2D eigenvalue weighted by Crippen LogP contribution is 2.26. The molecule has 1 unspecified atom stereocenters. The number of amides is 1. The van der Waals surface area contributed by atoms with Crippen LogP contribution in [0.3, 0.4) is 0 Å². The van der Waals surface area contributed by atoms with Gasteiger partial charge in [0.05, 0.1) is 19.2 Å². The van der Waals surface area contributed by atoms with Gasteiger partial charge in [-0.15, -0.1) is 0 Å². The van der Waals surface area contributed by atoms with Gasteiger partial charge in [-0.25, -0.2) is 9.59 Å². The van der Waals surface area contributed by atoms with E-state index in [1.54, 1.807) is 7.11 Å². The molecule has 0 heterocycles. The van der Waals surface area contributed by atoms with Crippen LogP contribution in [-0.4, -0.2) is 41.7 Å². The zero-order chi connectivity index (χ0) is 22.6. The number of ether oxygens (including phenoxy) is 1. The maximum absolute atomic E-state index is 11.8. The Balaban J connectivity index is 0.000000479. The number of nitrogens with two attached hydrogens (primary N) is 1. The Bertz CT molecular complexity index is 849. The summed E-state index contributed by atoms with van der Waals surface area (Å²) in [6.07, 6.45) is 1.79. The lowest BCUT2D eigenvalue weighted by atomic mass is 9.85. The molecule has 1 amide bonds. The minimum absolute atomic E-state index is 0.0228. The molecule has 1 atom stereocenters. The number of hydrogen-bond acceptors (Lipinski definition) is 5. The molecule has 160 valence electrons. The summed E-state index contributed by atoms with van der Waals surface area (Å²) < 4.78 is 5.18. The molecular formula is C22H26N2O6. The molecule has 0 aliphatic heterocycles. The molecule has 0 aromatic heterocycles. The van der Waals surface area contributed by atoms with Crippen molar-refractivity contribution in [2.45, 2.75) is 18.9 Å². The number of methoxy groups -OCH3 is 1. The summed E-state index contributed by atoms with van der Waals surface area (Å²) in [5.41, 5.74) is 7.12. The fraction of sp³-hybridized carbons (Fsp3) is 0.227. The Kier molecular flexibility index (Phi) is 9.78. The van der Waals surface area contributed by atoms with E-state index in [1.165, 1.54) is 0 Å². The van der Waals surface area contributed by atoms with Crippen molar-refractivity contribution in [1.29, 1.82) is 0 Å². The molecule has 5 N–H and O–H groups in total. The predicted octanol–water partition coefficient (Wildman–Crippen LogP) is 1.94. The second kappa shape index (κ2) is 12.0. The van der Waals surface area contributed by atoms with Crippen molar-refractivity contribution < 1.29 is 29.3 Å². The second-order valence-corrected chi connectivity index (χ2v) is 6.49. The van der Waals surface area contributed by atoms with Crippen molar-refractivity contribution in [3.05, 3.63) is 77.9 Å². The Morgan fingerprint density at radius 2 is 1.53 bits per heavy atom. The van der Waals surface area contributed by atoms with E-state index in [2.05, 4.69) is 5.32 Å². The molecule has 0 aliphatic carbocycles. The van der Waals surface area contributed by atoms with Crippen LogP contribution in [0.2, 0.25) is 0 Å². The number of carboxylic acid groups (broad SMARTS) is 2. The van der Waals surface area contributed by atoms with Crippen molar-refractivity contribution >= 4 is 17.8 Å². The molecule has 0 spiro atoms. The number of rotatable bonds is 8. The van der Waals surface area contributed by atoms with Crippen LogP contribution in [0.5, 0.6) is 5.75 Å². The molecule has 0 saturated carbocycles. The Morgan fingerprint density at radius 1 is 1.00 bits per heavy atom. The highest BCUT2D eigenvalue weighted by molar-refractivity contribution is 5.89. The number of hydrogen-bond donors (Lipinski definition) is 4. The van der Waals surface area contributed by atoms with Crippen LogP contribution < -0.4 is 15.8 Å². The molecule has 0 radical (unpaired) electrons. The summed E-state index contributed by atoms with van der Waals surface area (Å²) in [7, 11) is 1.64. The minimum Gasteiger partial charge on any atom is -0.497 e. The van der Waals surface area contributed by atoms with Crippen LogP contribution in [-0.2, 0) is 26.3 Å². The predicted molar refractivity (Wildman–Crippen MR) is 112 cm³/mol. The molecule has 0 fully saturated rings. The van der Waals surface area contributed by atoms with Gasteiger partial charge in [0.25, 0.3) is 0 Å². The van der Waals surface area contributed by atoms with Gasteiger partial charge in [-0.3, -0.25) is 4.79 Å². The van der Waals surface area contributed by atoms with Crippen molar-refractivity contribution in [3.8, 4) is 5.75 Å². The van der Waals surface area contributed by atoms with E-state index < -0.39 is 17.5 Å². The Labute approximate surface area is 175 Å². The van der Waals surface area contributed by atoms with Gasteiger partial charge in [0.1, 0.15) is 5.75 Å². The first-order chi connectivity index (χ1) is 14.2. The molecule has 0 bridgehead atoms. The first-order valence-corrected chi connectivity index (χ1v) is 9.03. The largest absolute Gasteiger partial charge is 0.497 e. The highest BCUT2D eigenvalue weighted by Gasteiger charge is 2.28. The summed E-state index contributed by atoms with van der Waals surface area (Å²) in [5.74, 6) is -1.86. The van der Waals surface area contributed by atoms with Crippen molar-refractivity contribution in [3.63, 3.8) is 0 Å².